The minimum absolute atomic E-state index is 0. The van der Waals surface area contributed by atoms with Crippen molar-refractivity contribution in [1.82, 2.24) is 0 Å². The molecule has 0 bridgehead atoms. The fraction of sp³-hybridized carbons (Fsp3) is 0.209. The van der Waals surface area contributed by atoms with E-state index in [4.69, 9.17) is 0 Å². The summed E-state index contributed by atoms with van der Waals surface area (Å²) in [5.41, 5.74) is 12.4. The molecule has 0 amide bonds. The molecule has 47 heavy (non-hydrogen) atoms. The van der Waals surface area contributed by atoms with Crippen LogP contribution in [0.4, 0.5) is 0 Å². The van der Waals surface area contributed by atoms with Crippen LogP contribution in [0.15, 0.2) is 115 Å². The van der Waals surface area contributed by atoms with Gasteiger partial charge in [0.15, 0.2) is 0 Å². The molecule has 7 rings (SSSR count). The fourth-order valence-corrected chi connectivity index (χ4v) is 6.23. The summed E-state index contributed by atoms with van der Waals surface area (Å²) in [6.07, 6.45) is 0. The number of hydrogen-bond donors (Lipinski definition) is 0. The SMILES string of the molecule is CC(C)c1cc2c(-c3cccc4ccccc34)cccc2[cH-]1.C[Si](C)=[Zr+2].Cc1ccc(-c2ccc(C)c3[cH-]c(C)cc23)c(C)c1.[Cl-].[Cl-]. The van der Waals surface area contributed by atoms with Crippen LogP contribution in [-0.2, 0) is 23.3 Å². The average Bonchev–Trinajstić information content (AvgIpc) is 3.62. The van der Waals surface area contributed by atoms with Crippen molar-refractivity contribution in [3.8, 4) is 22.3 Å². The van der Waals surface area contributed by atoms with Crippen molar-refractivity contribution in [2.45, 2.75) is 60.6 Å². The maximum absolute atomic E-state index is 2.36. The molecule has 0 aliphatic heterocycles. The van der Waals surface area contributed by atoms with Crippen LogP contribution < -0.4 is 24.8 Å². The monoisotopic (exact) mass is 748 g/mol. The average molecular weight is 751 g/mol. The van der Waals surface area contributed by atoms with Crippen molar-refractivity contribution in [2.75, 3.05) is 0 Å². The summed E-state index contributed by atoms with van der Waals surface area (Å²) in [5, 5.41) is 8.09. The van der Waals surface area contributed by atoms with E-state index in [0.29, 0.717) is 5.92 Å². The molecule has 0 aliphatic rings. The van der Waals surface area contributed by atoms with Gasteiger partial charge in [0, 0.05) is 0 Å². The maximum Gasteiger partial charge on any atom is -0.0249 e. The minimum Gasteiger partial charge on any atom is -1.00 e. The molecule has 0 N–H and O–H groups in total. The van der Waals surface area contributed by atoms with Crippen molar-refractivity contribution in [2.24, 2.45) is 0 Å². The van der Waals surface area contributed by atoms with Gasteiger partial charge in [-0.15, -0.1) is 68.6 Å². The van der Waals surface area contributed by atoms with Gasteiger partial charge >= 0.3 is 41.9 Å². The molecule has 0 aromatic heterocycles. The number of fused-ring (bicyclic) bond motifs is 3. The Kier molecular flexibility index (Phi) is 14.1. The van der Waals surface area contributed by atoms with E-state index in [0.717, 1.165) is 0 Å². The van der Waals surface area contributed by atoms with Gasteiger partial charge in [0.2, 0.25) is 0 Å². The van der Waals surface area contributed by atoms with E-state index in [9.17, 15) is 0 Å². The third kappa shape index (κ3) is 9.04. The third-order valence-corrected chi connectivity index (χ3v) is 8.44. The smallest absolute Gasteiger partial charge is 0.0249 e. The summed E-state index contributed by atoms with van der Waals surface area (Å²) in [7, 11) is 0. The summed E-state index contributed by atoms with van der Waals surface area (Å²) in [6.45, 7) is 17.8. The molecule has 240 valence electrons. The Hall–Kier alpha value is -2.74. The first kappa shape index (κ1) is 38.7. The molecule has 0 saturated heterocycles. The van der Waals surface area contributed by atoms with E-state index in [1.807, 2.05) is 0 Å². The van der Waals surface area contributed by atoms with Crippen molar-refractivity contribution in [1.29, 1.82) is 0 Å². The van der Waals surface area contributed by atoms with Gasteiger partial charge in [0.1, 0.15) is 0 Å². The summed E-state index contributed by atoms with van der Waals surface area (Å²) < 4.78 is 0. The molecule has 7 aromatic carbocycles. The second kappa shape index (κ2) is 17.1. The molecule has 0 radical (unpaired) electrons. The zero-order chi connectivity index (χ0) is 32.2. The first-order chi connectivity index (χ1) is 21.5. The van der Waals surface area contributed by atoms with Crippen molar-refractivity contribution in [3.05, 3.63) is 143 Å². The number of benzene rings is 5. The fourth-order valence-electron chi connectivity index (χ4n) is 6.23. The van der Waals surface area contributed by atoms with Gasteiger partial charge in [-0.1, -0.05) is 117 Å². The molecule has 7 aromatic rings. The van der Waals surface area contributed by atoms with Crippen LogP contribution in [0.25, 0.3) is 54.6 Å². The largest absolute Gasteiger partial charge is 1.00 e. The van der Waals surface area contributed by atoms with E-state index in [1.54, 1.807) is 23.3 Å². The zero-order valence-electron chi connectivity index (χ0n) is 28.8. The minimum atomic E-state index is 0. The Labute approximate surface area is 309 Å². The Bertz CT molecular complexity index is 2120. The Morgan fingerprint density at radius 1 is 0.574 bits per heavy atom. The molecule has 0 spiro atoms. The molecule has 0 heterocycles. The van der Waals surface area contributed by atoms with Crippen LogP contribution in [0.5, 0.6) is 0 Å². The van der Waals surface area contributed by atoms with E-state index in [-0.39, 0.29) is 30.2 Å². The van der Waals surface area contributed by atoms with Gasteiger partial charge in [0.05, 0.1) is 0 Å². The van der Waals surface area contributed by atoms with Crippen LogP contribution in [-0.4, -0.2) is 5.43 Å². The van der Waals surface area contributed by atoms with Gasteiger partial charge in [0.25, 0.3) is 0 Å². The molecule has 0 aliphatic carbocycles. The van der Waals surface area contributed by atoms with E-state index in [2.05, 4.69) is 170 Å². The van der Waals surface area contributed by atoms with Crippen LogP contribution >= 0.6 is 0 Å². The molecule has 4 heteroatoms. The van der Waals surface area contributed by atoms with Crippen LogP contribution in [0, 0.1) is 27.7 Å². The normalized spacial score (nSPS) is 10.5. The van der Waals surface area contributed by atoms with E-state index in [1.165, 1.54) is 82.4 Å². The summed E-state index contributed by atoms with van der Waals surface area (Å²) >= 11 is 1.74. The van der Waals surface area contributed by atoms with Crippen LogP contribution in [0.3, 0.4) is 0 Å². The Morgan fingerprint density at radius 3 is 1.85 bits per heavy atom. The number of hydrogen-bond acceptors (Lipinski definition) is 0. The summed E-state index contributed by atoms with van der Waals surface area (Å²) in [4.78, 5) is 0. The van der Waals surface area contributed by atoms with Gasteiger partial charge in [-0.05, 0) is 47.2 Å². The first-order valence-electron chi connectivity index (χ1n) is 16.0. The van der Waals surface area contributed by atoms with Crippen LogP contribution in [0.2, 0.25) is 13.1 Å². The van der Waals surface area contributed by atoms with E-state index >= 15 is 0 Å². The predicted molar refractivity (Wildman–Crippen MR) is 198 cm³/mol. The first-order valence-corrected chi connectivity index (χ1v) is 22.2. The van der Waals surface area contributed by atoms with Crippen molar-refractivity contribution in [3.63, 3.8) is 0 Å². The molecular formula is C43H44Cl2SiZr-2. The van der Waals surface area contributed by atoms with Gasteiger partial charge in [-0.25, -0.2) is 0 Å². The van der Waals surface area contributed by atoms with Crippen molar-refractivity contribution >= 4 is 37.8 Å². The molecule has 0 atom stereocenters. The molecule has 0 unspecified atom stereocenters. The second-order valence-corrected chi connectivity index (χ2v) is 22.3. The standard InChI is InChI=1S/C22H19.C19H19.C2H6Si.2ClH.Zr/c1-15(2)18-13-17-9-6-12-21(22(17)14-18)20-11-5-8-16-7-3-4-10-19(16)20;1-12-5-7-16(15(4)9-12)17-8-6-14(3)18-10-13(2)11-19(17)18;1-3-2;;;/h3-15H,1-2H3;5-11H,1-4H3;1-2H3;2*1H;/q2*-1;;;;+2/p-2. The quantitative estimate of drug-likeness (QED) is 0.139. The number of aryl methyl sites for hydroxylation is 4. The summed E-state index contributed by atoms with van der Waals surface area (Å²) in [5.74, 6) is 0.563. The molecular weight excluding hydrogens is 707 g/mol. The van der Waals surface area contributed by atoms with E-state index < -0.39 is 0 Å². The Morgan fingerprint density at radius 2 is 1.17 bits per heavy atom. The third-order valence-electron chi connectivity index (χ3n) is 8.44. The Balaban J connectivity index is 0.000000223. The number of rotatable bonds is 3. The second-order valence-electron chi connectivity index (χ2n) is 12.9. The summed E-state index contributed by atoms with van der Waals surface area (Å²) in [6, 6.07) is 42.3. The maximum atomic E-state index is 2.36. The topological polar surface area (TPSA) is 0 Å². The van der Waals surface area contributed by atoms with Crippen LogP contribution in [0.1, 0.15) is 47.6 Å². The molecule has 0 fully saturated rings. The van der Waals surface area contributed by atoms with Gasteiger partial charge in [-0.2, -0.15) is 12.1 Å². The van der Waals surface area contributed by atoms with Crippen molar-refractivity contribution < 1.29 is 48.1 Å². The van der Waals surface area contributed by atoms with Gasteiger partial charge in [-0.3, -0.25) is 0 Å². The number of halogens is 2. The van der Waals surface area contributed by atoms with Gasteiger partial charge < -0.3 is 24.8 Å². The predicted octanol–water partition coefficient (Wildman–Crippen LogP) is 6.75. The molecule has 0 saturated carbocycles. The molecule has 0 nitrogen and oxygen atoms in total. The zero-order valence-corrected chi connectivity index (χ0v) is 33.8.